The van der Waals surface area contributed by atoms with E-state index in [0.717, 1.165) is 23.3 Å². The van der Waals surface area contributed by atoms with Gasteiger partial charge in [-0.25, -0.2) is 4.79 Å². The molecule has 5 heteroatoms. The van der Waals surface area contributed by atoms with Crippen molar-refractivity contribution in [3.8, 4) is 23.3 Å². The molecule has 0 fully saturated rings. The molecule has 33 heavy (non-hydrogen) atoms. The molecule has 1 unspecified atom stereocenters. The van der Waals surface area contributed by atoms with E-state index in [4.69, 9.17) is 14.6 Å². The molecule has 0 amide bonds. The zero-order chi connectivity index (χ0) is 23.5. The summed E-state index contributed by atoms with van der Waals surface area (Å²) in [6, 6.07) is 24.2. The lowest BCUT2D eigenvalue weighted by atomic mass is 9.88. The number of nitrogens with one attached hydrogen (secondary N) is 1. The van der Waals surface area contributed by atoms with Gasteiger partial charge in [0, 0.05) is 11.5 Å². The number of rotatable bonds is 10. The van der Waals surface area contributed by atoms with Crippen LogP contribution >= 0.6 is 0 Å². The van der Waals surface area contributed by atoms with Gasteiger partial charge in [-0.2, -0.15) is 0 Å². The number of hydrogen-bond donors (Lipinski definition) is 2. The van der Waals surface area contributed by atoms with Crippen molar-refractivity contribution in [1.82, 2.24) is 5.32 Å². The maximum Gasteiger partial charge on any atom is 0.341 e. The number of benzene rings is 3. The number of hydrogen-bond acceptors (Lipinski definition) is 4. The Hall–Kier alpha value is -3.75. The van der Waals surface area contributed by atoms with Crippen LogP contribution in [0.4, 0.5) is 0 Å². The third-order valence-corrected chi connectivity index (χ3v) is 5.19. The predicted molar refractivity (Wildman–Crippen MR) is 130 cm³/mol. The van der Waals surface area contributed by atoms with Crippen LogP contribution in [0, 0.1) is 18.8 Å². The topological polar surface area (TPSA) is 67.8 Å². The Morgan fingerprint density at radius 2 is 1.73 bits per heavy atom. The smallest absolute Gasteiger partial charge is 0.341 e. The average molecular weight is 444 g/mol. The minimum atomic E-state index is -1.00. The number of carboxylic acid groups (broad SMARTS) is 1. The molecule has 0 aliphatic carbocycles. The molecule has 3 aromatic carbocycles. The van der Waals surface area contributed by atoms with E-state index in [1.54, 1.807) is 12.1 Å². The van der Waals surface area contributed by atoms with Gasteiger partial charge in [-0.1, -0.05) is 54.3 Å². The van der Waals surface area contributed by atoms with Crippen LogP contribution < -0.4 is 14.8 Å². The third kappa shape index (κ3) is 7.41. The fourth-order valence-corrected chi connectivity index (χ4v) is 3.55. The highest BCUT2D eigenvalue weighted by molar-refractivity contribution is 5.68. The summed E-state index contributed by atoms with van der Waals surface area (Å²) in [5.74, 6) is 6.73. The van der Waals surface area contributed by atoms with E-state index >= 15 is 0 Å². The van der Waals surface area contributed by atoms with Crippen molar-refractivity contribution in [3.05, 3.63) is 95.1 Å². The van der Waals surface area contributed by atoms with Crippen LogP contribution in [0.15, 0.2) is 72.8 Å². The molecule has 0 spiro atoms. The van der Waals surface area contributed by atoms with Gasteiger partial charge >= 0.3 is 5.97 Å². The Balaban J connectivity index is 1.68. The minimum Gasteiger partial charge on any atom is -0.494 e. The van der Waals surface area contributed by atoms with Crippen molar-refractivity contribution in [2.75, 3.05) is 26.8 Å². The van der Waals surface area contributed by atoms with Crippen molar-refractivity contribution in [3.63, 3.8) is 0 Å². The van der Waals surface area contributed by atoms with Crippen LogP contribution in [-0.4, -0.2) is 37.9 Å². The molecule has 0 aromatic heterocycles. The van der Waals surface area contributed by atoms with Gasteiger partial charge in [0.1, 0.15) is 11.5 Å². The fourth-order valence-electron chi connectivity index (χ4n) is 3.55. The van der Waals surface area contributed by atoms with E-state index in [1.165, 1.54) is 11.1 Å². The predicted octanol–water partition coefficient (Wildman–Crippen LogP) is 4.63. The fraction of sp³-hybridized carbons (Fsp3) is 0.250. The number of aryl methyl sites for hydroxylation is 1. The number of carbonyl (C=O) groups is 1. The second-order valence-electron chi connectivity index (χ2n) is 7.66. The normalized spacial score (nSPS) is 11.2. The summed E-state index contributed by atoms with van der Waals surface area (Å²) in [7, 11) is 1.88. The Morgan fingerprint density at radius 1 is 1.00 bits per heavy atom. The van der Waals surface area contributed by atoms with E-state index in [2.05, 4.69) is 65.7 Å². The van der Waals surface area contributed by atoms with Gasteiger partial charge in [-0.05, 0) is 67.4 Å². The highest BCUT2D eigenvalue weighted by Crippen LogP contribution is 2.29. The first-order chi connectivity index (χ1) is 16.1. The molecule has 0 heterocycles. The van der Waals surface area contributed by atoms with E-state index in [9.17, 15) is 4.79 Å². The highest BCUT2D eigenvalue weighted by Gasteiger charge is 2.15. The van der Waals surface area contributed by atoms with Gasteiger partial charge in [0.05, 0.1) is 13.2 Å². The standard InChI is InChI=1S/C28H29NO4/c1-21-19-25(14-15-27(21)33-20-28(30)31)32-18-16-26(23-8-4-3-5-9-23)24-12-10-22(11-13-24)7-6-17-29-2/h3-5,8-15,19,26,29H,16-18,20H2,1-2H3,(H,30,31). The second kappa shape index (κ2) is 12.3. The molecule has 170 valence electrons. The van der Waals surface area contributed by atoms with Crippen molar-refractivity contribution < 1.29 is 19.4 Å². The second-order valence-corrected chi connectivity index (χ2v) is 7.66. The van der Waals surface area contributed by atoms with Gasteiger partial charge in [0.2, 0.25) is 0 Å². The molecule has 0 radical (unpaired) electrons. The Morgan fingerprint density at radius 3 is 2.39 bits per heavy atom. The van der Waals surface area contributed by atoms with Crippen LogP contribution in [0.5, 0.6) is 11.5 Å². The minimum absolute atomic E-state index is 0.199. The molecule has 1 atom stereocenters. The average Bonchev–Trinajstić information content (AvgIpc) is 2.82. The lowest BCUT2D eigenvalue weighted by molar-refractivity contribution is -0.139. The lowest BCUT2D eigenvalue weighted by Crippen LogP contribution is -2.10. The van der Waals surface area contributed by atoms with E-state index < -0.39 is 5.97 Å². The first kappa shape index (κ1) is 23.9. The molecule has 2 N–H and O–H groups in total. The van der Waals surface area contributed by atoms with Crippen LogP contribution in [0.2, 0.25) is 0 Å². The van der Waals surface area contributed by atoms with Crippen LogP contribution in [-0.2, 0) is 4.79 Å². The number of carboxylic acids is 1. The van der Waals surface area contributed by atoms with Gasteiger partial charge in [0.25, 0.3) is 0 Å². The summed E-state index contributed by atoms with van der Waals surface area (Å²) in [5, 5.41) is 11.8. The SMILES string of the molecule is CNCC#Cc1ccc(C(CCOc2ccc(OCC(=O)O)c(C)c2)c2ccccc2)cc1. The molecule has 0 saturated carbocycles. The molecule has 0 saturated heterocycles. The number of aliphatic carboxylic acids is 1. The van der Waals surface area contributed by atoms with Crippen molar-refractivity contribution in [2.24, 2.45) is 0 Å². The summed E-state index contributed by atoms with van der Waals surface area (Å²) in [6.45, 7) is 2.72. The van der Waals surface area contributed by atoms with Crippen molar-refractivity contribution in [2.45, 2.75) is 19.3 Å². The zero-order valence-corrected chi connectivity index (χ0v) is 19.0. The molecule has 3 rings (SSSR count). The maximum atomic E-state index is 10.7. The van der Waals surface area contributed by atoms with E-state index in [-0.39, 0.29) is 12.5 Å². The first-order valence-corrected chi connectivity index (χ1v) is 10.9. The van der Waals surface area contributed by atoms with E-state index in [1.807, 2.05) is 26.1 Å². The Bertz CT molecular complexity index is 1100. The molecule has 5 nitrogen and oxygen atoms in total. The molecule has 0 aliphatic rings. The monoisotopic (exact) mass is 443 g/mol. The Kier molecular flexibility index (Phi) is 8.93. The highest BCUT2D eigenvalue weighted by atomic mass is 16.5. The molecule has 0 aliphatic heterocycles. The number of ether oxygens (including phenoxy) is 2. The van der Waals surface area contributed by atoms with Gasteiger partial charge in [-0.15, -0.1) is 0 Å². The molecule has 3 aromatic rings. The summed E-state index contributed by atoms with van der Waals surface area (Å²) in [5.41, 5.74) is 4.29. The zero-order valence-electron chi connectivity index (χ0n) is 19.0. The van der Waals surface area contributed by atoms with Gasteiger partial charge < -0.3 is 19.9 Å². The molecular weight excluding hydrogens is 414 g/mol. The van der Waals surface area contributed by atoms with Crippen molar-refractivity contribution >= 4 is 5.97 Å². The maximum absolute atomic E-state index is 10.7. The van der Waals surface area contributed by atoms with Crippen LogP contribution in [0.25, 0.3) is 0 Å². The molecule has 0 bridgehead atoms. The molecular formula is C28H29NO4. The summed E-state index contributed by atoms with van der Waals surface area (Å²) >= 11 is 0. The van der Waals surface area contributed by atoms with Gasteiger partial charge in [0.15, 0.2) is 6.61 Å². The van der Waals surface area contributed by atoms with Crippen LogP contribution in [0.3, 0.4) is 0 Å². The van der Waals surface area contributed by atoms with Crippen molar-refractivity contribution in [1.29, 1.82) is 0 Å². The Labute approximate surface area is 195 Å². The van der Waals surface area contributed by atoms with Crippen LogP contribution in [0.1, 0.15) is 34.6 Å². The third-order valence-electron chi connectivity index (χ3n) is 5.19. The lowest BCUT2D eigenvalue weighted by Gasteiger charge is -2.19. The van der Waals surface area contributed by atoms with Gasteiger partial charge in [-0.3, -0.25) is 0 Å². The largest absolute Gasteiger partial charge is 0.494 e. The summed E-state index contributed by atoms with van der Waals surface area (Å²) in [6.07, 6.45) is 0.811. The van der Waals surface area contributed by atoms with E-state index in [0.29, 0.717) is 18.9 Å². The quantitative estimate of drug-likeness (QED) is 0.447. The first-order valence-electron chi connectivity index (χ1n) is 10.9. The summed E-state index contributed by atoms with van der Waals surface area (Å²) < 4.78 is 11.3. The summed E-state index contributed by atoms with van der Waals surface area (Å²) in [4.78, 5) is 10.7.